The number of benzene rings is 1. The molecule has 2 aromatic rings. The monoisotopic (exact) mass is 475 g/mol. The highest BCUT2D eigenvalue weighted by Crippen LogP contribution is 2.47. The lowest BCUT2D eigenvalue weighted by Crippen LogP contribution is -2.36. The maximum absolute atomic E-state index is 15.3. The molecule has 1 aliphatic rings. The smallest absolute Gasteiger partial charge is 0.246 e. The number of rotatable bonds is 13. The number of aliphatic hydroxyl groups is 1. The molecule has 1 aromatic heterocycles. The van der Waals surface area contributed by atoms with Crippen LogP contribution in [0.2, 0.25) is 18.6 Å². The minimum absolute atomic E-state index is 0.00985. The van der Waals surface area contributed by atoms with Crippen LogP contribution in [0.25, 0.3) is 0 Å². The second kappa shape index (κ2) is 12.2. The molecule has 33 heavy (non-hydrogen) atoms. The quantitative estimate of drug-likeness (QED) is 0.216. The Kier molecular flexibility index (Phi) is 9.65. The summed E-state index contributed by atoms with van der Waals surface area (Å²) in [5.41, 5.74) is 1.79. The predicted octanol–water partition coefficient (Wildman–Crippen LogP) is 6.10. The molecule has 2 heterocycles. The second-order valence-corrected chi connectivity index (χ2v) is 14.0. The molecular weight excluding hydrogens is 433 g/mol. The normalized spacial score (nSPS) is 24.3. The minimum Gasteiger partial charge on any atom is -0.395 e. The van der Waals surface area contributed by atoms with Crippen molar-refractivity contribution in [2.45, 2.75) is 102 Å². The molecule has 0 aliphatic carbocycles. The SMILES string of the molecule is CCCCCCC[C@H]1O[C@@H](CCn2cc(C(CO)c3ccccc3)nn2)[C@H]([Si](C)(C)F)[C@H]1C. The molecule has 1 N–H and O–H groups in total. The highest BCUT2D eigenvalue weighted by Gasteiger charge is 2.50. The van der Waals surface area contributed by atoms with Crippen LogP contribution in [0.15, 0.2) is 36.5 Å². The first kappa shape index (κ1) is 26.0. The highest BCUT2D eigenvalue weighted by atomic mass is 28.4. The van der Waals surface area contributed by atoms with E-state index in [9.17, 15) is 5.11 Å². The first-order chi connectivity index (χ1) is 15.8. The van der Waals surface area contributed by atoms with E-state index in [1.807, 2.05) is 54.3 Å². The molecule has 5 atom stereocenters. The van der Waals surface area contributed by atoms with Crippen LogP contribution in [0.3, 0.4) is 0 Å². The lowest BCUT2D eigenvalue weighted by molar-refractivity contribution is 0.0231. The van der Waals surface area contributed by atoms with Crippen molar-refractivity contribution in [2.75, 3.05) is 6.61 Å². The average Bonchev–Trinajstić information content (AvgIpc) is 3.37. The van der Waals surface area contributed by atoms with Gasteiger partial charge >= 0.3 is 0 Å². The van der Waals surface area contributed by atoms with Gasteiger partial charge in [0.25, 0.3) is 0 Å². The van der Waals surface area contributed by atoms with Crippen molar-refractivity contribution < 1.29 is 14.0 Å². The fourth-order valence-corrected chi connectivity index (χ4v) is 8.09. The summed E-state index contributed by atoms with van der Waals surface area (Å²) in [6, 6.07) is 9.87. The van der Waals surface area contributed by atoms with E-state index in [0.717, 1.165) is 30.5 Å². The van der Waals surface area contributed by atoms with Gasteiger partial charge in [-0.05, 0) is 37.4 Å². The van der Waals surface area contributed by atoms with Crippen LogP contribution in [0, 0.1) is 5.92 Å². The molecule has 1 aromatic carbocycles. The molecule has 5 nitrogen and oxygen atoms in total. The Bertz CT molecular complexity index is 826. The van der Waals surface area contributed by atoms with Gasteiger partial charge in [-0.3, -0.25) is 4.68 Å². The van der Waals surface area contributed by atoms with Crippen LogP contribution in [0.5, 0.6) is 0 Å². The van der Waals surface area contributed by atoms with Crippen molar-refractivity contribution in [3.63, 3.8) is 0 Å². The zero-order chi connectivity index (χ0) is 23.8. The Morgan fingerprint density at radius 1 is 1.09 bits per heavy atom. The summed E-state index contributed by atoms with van der Waals surface area (Å²) < 4.78 is 23.6. The summed E-state index contributed by atoms with van der Waals surface area (Å²) in [6.07, 6.45) is 9.98. The van der Waals surface area contributed by atoms with E-state index in [0.29, 0.717) is 6.54 Å². The standard InChI is InChI=1S/C26H42FN3O2Si/c1-5-6-7-8-12-15-24-20(2)26(33(3,4)27)25(32-24)16-17-30-18-23(28-29-30)22(19-31)21-13-10-9-11-14-21/h9-11,13-14,18,20,22,24-26,31H,5-8,12,15-17,19H2,1-4H3/t20-,22?,24+,25-,26+/m0/s1. The Labute approximate surface area is 199 Å². The van der Waals surface area contributed by atoms with Crippen LogP contribution >= 0.6 is 0 Å². The Morgan fingerprint density at radius 2 is 1.82 bits per heavy atom. The van der Waals surface area contributed by atoms with Crippen LogP contribution in [-0.4, -0.2) is 47.3 Å². The zero-order valence-corrected chi connectivity index (χ0v) is 21.8. The largest absolute Gasteiger partial charge is 0.395 e. The van der Waals surface area contributed by atoms with E-state index in [1.54, 1.807) is 0 Å². The van der Waals surface area contributed by atoms with E-state index in [4.69, 9.17) is 4.74 Å². The van der Waals surface area contributed by atoms with Crippen LogP contribution in [-0.2, 0) is 11.3 Å². The number of aryl methyl sites for hydroxylation is 1. The van der Waals surface area contributed by atoms with Gasteiger partial charge in [0.15, 0.2) is 0 Å². The first-order valence-corrected chi connectivity index (χ1v) is 15.7. The van der Waals surface area contributed by atoms with E-state index >= 15 is 4.11 Å². The third kappa shape index (κ3) is 6.96. The summed E-state index contributed by atoms with van der Waals surface area (Å²) in [4.78, 5) is 0. The van der Waals surface area contributed by atoms with Crippen LogP contribution in [0.4, 0.5) is 4.11 Å². The van der Waals surface area contributed by atoms with Crippen molar-refractivity contribution in [2.24, 2.45) is 5.92 Å². The van der Waals surface area contributed by atoms with Gasteiger partial charge in [-0.25, -0.2) is 0 Å². The first-order valence-electron chi connectivity index (χ1n) is 12.7. The Balaban J connectivity index is 1.60. The van der Waals surface area contributed by atoms with Crippen molar-refractivity contribution in [1.82, 2.24) is 15.0 Å². The maximum Gasteiger partial charge on any atom is 0.246 e. The highest BCUT2D eigenvalue weighted by molar-refractivity contribution is 6.72. The molecule has 184 valence electrons. The van der Waals surface area contributed by atoms with E-state index in [1.165, 1.54) is 25.7 Å². The summed E-state index contributed by atoms with van der Waals surface area (Å²) in [7, 11) is -2.86. The van der Waals surface area contributed by atoms with Gasteiger partial charge in [-0.2, -0.15) is 0 Å². The van der Waals surface area contributed by atoms with Gasteiger partial charge < -0.3 is 14.0 Å². The fourth-order valence-electron chi connectivity index (χ4n) is 5.49. The van der Waals surface area contributed by atoms with Gasteiger partial charge in [-0.1, -0.05) is 81.5 Å². The number of aromatic nitrogens is 3. The molecule has 1 aliphatic heterocycles. The van der Waals surface area contributed by atoms with E-state index in [-0.39, 0.29) is 36.2 Å². The number of aliphatic hydroxyl groups excluding tert-OH is 1. The maximum atomic E-state index is 15.3. The van der Waals surface area contributed by atoms with Crippen molar-refractivity contribution >= 4 is 8.41 Å². The molecular formula is C26H42FN3O2Si. The van der Waals surface area contributed by atoms with E-state index < -0.39 is 8.41 Å². The lowest BCUT2D eigenvalue weighted by atomic mass is 9.95. The summed E-state index contributed by atoms with van der Waals surface area (Å²) in [5.74, 6) is 0.0701. The predicted molar refractivity (Wildman–Crippen MR) is 134 cm³/mol. The summed E-state index contributed by atoms with van der Waals surface area (Å²) >= 11 is 0. The third-order valence-corrected chi connectivity index (χ3v) is 9.71. The number of ether oxygens (including phenoxy) is 1. The number of halogens is 1. The number of hydrogen-bond donors (Lipinski definition) is 1. The topological polar surface area (TPSA) is 60.2 Å². The summed E-state index contributed by atoms with van der Waals surface area (Å²) in [5, 5.41) is 18.5. The molecule has 1 fully saturated rings. The molecule has 0 amide bonds. The average molecular weight is 476 g/mol. The van der Waals surface area contributed by atoms with Gasteiger partial charge in [-0.15, -0.1) is 5.10 Å². The summed E-state index contributed by atoms with van der Waals surface area (Å²) in [6.45, 7) is 8.70. The number of nitrogens with zero attached hydrogens (tertiary/aromatic N) is 3. The van der Waals surface area contributed by atoms with Gasteiger partial charge in [0.05, 0.1) is 30.4 Å². The van der Waals surface area contributed by atoms with Crippen LogP contribution < -0.4 is 0 Å². The molecule has 1 unspecified atom stereocenters. The molecule has 0 bridgehead atoms. The zero-order valence-electron chi connectivity index (χ0n) is 20.8. The minimum atomic E-state index is -2.86. The number of hydrogen-bond acceptors (Lipinski definition) is 4. The Morgan fingerprint density at radius 3 is 2.48 bits per heavy atom. The molecule has 1 saturated heterocycles. The van der Waals surface area contributed by atoms with Crippen LogP contribution in [0.1, 0.15) is 76.0 Å². The molecule has 0 saturated carbocycles. The van der Waals surface area contributed by atoms with Gasteiger partial charge in [0.1, 0.15) is 0 Å². The van der Waals surface area contributed by atoms with Crippen molar-refractivity contribution in [3.05, 3.63) is 47.8 Å². The van der Waals surface area contributed by atoms with Gasteiger partial charge in [0.2, 0.25) is 8.41 Å². The van der Waals surface area contributed by atoms with Crippen molar-refractivity contribution in [1.29, 1.82) is 0 Å². The molecule has 7 heteroatoms. The molecule has 0 spiro atoms. The fraction of sp³-hybridized carbons (Fsp3) is 0.692. The molecule has 3 rings (SSSR count). The lowest BCUT2D eigenvalue weighted by Gasteiger charge is -2.28. The Hall–Kier alpha value is -1.57. The number of unbranched alkanes of at least 4 members (excludes halogenated alkanes) is 4. The van der Waals surface area contributed by atoms with Gasteiger partial charge in [0, 0.05) is 18.3 Å². The van der Waals surface area contributed by atoms with Crippen molar-refractivity contribution in [3.8, 4) is 0 Å². The second-order valence-electron chi connectivity index (χ2n) is 10.2. The third-order valence-electron chi connectivity index (χ3n) is 7.23. The van der Waals surface area contributed by atoms with E-state index in [2.05, 4.69) is 24.2 Å². The molecule has 0 radical (unpaired) electrons.